The van der Waals surface area contributed by atoms with Gasteiger partial charge in [-0.2, -0.15) is 12.1 Å². The Morgan fingerprint density at radius 3 is 2.27 bits per heavy atom. The van der Waals surface area contributed by atoms with Gasteiger partial charge in [-0.25, -0.2) is 12.1 Å². The molecule has 0 N–H and O–H groups in total. The number of methoxy groups -OCH3 is 1. The van der Waals surface area contributed by atoms with Crippen molar-refractivity contribution in [3.63, 3.8) is 0 Å². The zero-order valence-corrected chi connectivity index (χ0v) is 13.5. The van der Waals surface area contributed by atoms with Gasteiger partial charge in [-0.1, -0.05) is 60.4 Å². The zero-order valence-electron chi connectivity index (χ0n) is 12.4. The molecule has 0 saturated heterocycles. The molecule has 0 saturated carbocycles. The van der Waals surface area contributed by atoms with E-state index in [4.69, 9.17) is 4.74 Å². The molecule has 2 aromatic rings. The molecule has 0 radical (unpaired) electrons. The van der Waals surface area contributed by atoms with Crippen molar-refractivity contribution in [1.29, 1.82) is 0 Å². The minimum atomic E-state index is 0. The van der Waals surface area contributed by atoms with Crippen LogP contribution < -0.4 is 5.11 Å². The van der Waals surface area contributed by atoms with Gasteiger partial charge < -0.3 is 9.84 Å². The molecule has 0 amide bonds. The van der Waals surface area contributed by atoms with Crippen LogP contribution in [0, 0.1) is 0 Å². The zero-order chi connectivity index (χ0) is 14.9. The Labute approximate surface area is 142 Å². The summed E-state index contributed by atoms with van der Waals surface area (Å²) in [6.45, 7) is 0.729. The first-order chi connectivity index (χ1) is 10.3. The maximum absolute atomic E-state index is 11.7. The normalized spacial score (nSPS) is 11.6. The third-order valence-electron chi connectivity index (χ3n) is 3.00. The van der Waals surface area contributed by atoms with Gasteiger partial charge in [0.25, 0.3) is 0 Å². The summed E-state index contributed by atoms with van der Waals surface area (Å²) in [5, 5.41) is 11.7. The molecule has 0 aliphatic heterocycles. The second kappa shape index (κ2) is 9.91. The van der Waals surface area contributed by atoms with Crippen molar-refractivity contribution in [2.75, 3.05) is 7.11 Å². The number of hydrogen-bond donors (Lipinski definition) is 0. The van der Waals surface area contributed by atoms with Crippen molar-refractivity contribution >= 4 is 5.76 Å². The fourth-order valence-electron chi connectivity index (χ4n) is 1.96. The van der Waals surface area contributed by atoms with Crippen molar-refractivity contribution in [3.05, 3.63) is 95.6 Å². The molecule has 2 nitrogen and oxygen atoms in total. The summed E-state index contributed by atoms with van der Waals surface area (Å²) in [4.78, 5) is 0. The van der Waals surface area contributed by atoms with E-state index in [0.717, 1.165) is 17.7 Å². The Kier molecular flexibility index (Phi) is 8.16. The Balaban J connectivity index is 0.000000234. The quantitative estimate of drug-likeness (QED) is 0.489. The fourth-order valence-corrected chi connectivity index (χ4v) is 1.96. The molecule has 22 heavy (non-hydrogen) atoms. The monoisotopic (exact) mass is 334 g/mol. The third-order valence-corrected chi connectivity index (χ3v) is 3.00. The maximum Gasteiger partial charge on any atom is 2.00 e. The van der Waals surface area contributed by atoms with Crippen LogP contribution in [0.1, 0.15) is 11.1 Å². The summed E-state index contributed by atoms with van der Waals surface area (Å²) in [6.07, 6.45) is 7.40. The van der Waals surface area contributed by atoms with Crippen LogP contribution >= 0.6 is 0 Å². The molecule has 3 heteroatoms. The van der Waals surface area contributed by atoms with Gasteiger partial charge in [0.1, 0.15) is 0 Å². The van der Waals surface area contributed by atoms with Crippen LogP contribution in [0.5, 0.6) is 0 Å². The van der Waals surface area contributed by atoms with Gasteiger partial charge in [-0.15, -0.1) is 5.56 Å². The van der Waals surface area contributed by atoms with E-state index in [1.807, 2.05) is 78.9 Å². The van der Waals surface area contributed by atoms with Crippen LogP contribution in [-0.2, 0) is 28.4 Å². The van der Waals surface area contributed by atoms with Crippen LogP contribution in [-0.4, -0.2) is 7.11 Å². The molecule has 114 valence electrons. The van der Waals surface area contributed by atoms with Gasteiger partial charge in [0.15, 0.2) is 0 Å². The Morgan fingerprint density at radius 2 is 1.73 bits per heavy atom. The van der Waals surface area contributed by atoms with E-state index in [-0.39, 0.29) is 22.8 Å². The Bertz CT molecular complexity index is 609. The van der Waals surface area contributed by atoms with Crippen LogP contribution in [0.3, 0.4) is 0 Å². The number of benzene rings is 1. The van der Waals surface area contributed by atoms with Crippen molar-refractivity contribution in [1.82, 2.24) is 0 Å². The van der Waals surface area contributed by atoms with Gasteiger partial charge in [0.2, 0.25) is 0 Å². The van der Waals surface area contributed by atoms with E-state index in [9.17, 15) is 5.11 Å². The number of allylic oxidation sites excluding steroid dienone is 5. The SMILES string of the molecule is COCc1ccc[cH-]1.[Fe+2].[O-]C(=C1C=CC=C1)c1ccccc1. The average Bonchev–Trinajstić information content (AvgIpc) is 3.22. The molecule has 0 heterocycles. The van der Waals surface area contributed by atoms with E-state index >= 15 is 0 Å². The first-order valence-electron chi connectivity index (χ1n) is 6.82. The predicted molar refractivity (Wildman–Crippen MR) is 84.4 cm³/mol. The largest absolute Gasteiger partial charge is 2.00 e. The first kappa shape index (κ1) is 18.1. The summed E-state index contributed by atoms with van der Waals surface area (Å²) in [6, 6.07) is 17.4. The fraction of sp³-hybridized carbons (Fsp3) is 0.105. The Hall–Kier alpha value is -1.93. The summed E-state index contributed by atoms with van der Waals surface area (Å²) in [5.41, 5.74) is 2.74. The average molecular weight is 334 g/mol. The van der Waals surface area contributed by atoms with Crippen molar-refractivity contribution in [3.8, 4) is 0 Å². The molecule has 0 aromatic heterocycles. The maximum atomic E-state index is 11.7. The standard InChI is InChI=1S/C12H10O.C7H9O.Fe/c13-12(11-8-4-5-9-11)10-6-2-1-3-7-10;1-8-6-7-4-2-3-5-7;/h1-9,13H;2-5H,6H2,1H3;/q;-1;+2/p-1. The van der Waals surface area contributed by atoms with Crippen molar-refractivity contribution < 1.29 is 26.9 Å². The van der Waals surface area contributed by atoms with E-state index in [1.165, 1.54) is 5.56 Å². The second-order valence-corrected chi connectivity index (χ2v) is 4.59. The molecular weight excluding hydrogens is 316 g/mol. The molecule has 0 atom stereocenters. The molecular formula is C19H18FeO2. The molecule has 0 fully saturated rings. The minimum absolute atomic E-state index is 0. The molecule has 0 spiro atoms. The molecule has 2 aromatic carbocycles. The summed E-state index contributed by atoms with van der Waals surface area (Å²) in [7, 11) is 1.70. The van der Waals surface area contributed by atoms with Gasteiger partial charge in [-0.3, -0.25) is 0 Å². The molecule has 0 unspecified atom stereocenters. The third kappa shape index (κ3) is 5.45. The number of ether oxygens (including phenoxy) is 1. The van der Waals surface area contributed by atoms with Gasteiger partial charge in [-0.05, 0) is 11.1 Å². The molecule has 3 rings (SSSR count). The summed E-state index contributed by atoms with van der Waals surface area (Å²) < 4.78 is 4.89. The van der Waals surface area contributed by atoms with E-state index < -0.39 is 0 Å². The summed E-state index contributed by atoms with van der Waals surface area (Å²) >= 11 is 0. The van der Waals surface area contributed by atoms with Crippen LogP contribution in [0.25, 0.3) is 5.76 Å². The molecule has 1 aliphatic carbocycles. The van der Waals surface area contributed by atoms with E-state index in [0.29, 0.717) is 0 Å². The topological polar surface area (TPSA) is 32.3 Å². The van der Waals surface area contributed by atoms with Crippen molar-refractivity contribution in [2.24, 2.45) is 0 Å². The van der Waals surface area contributed by atoms with Crippen molar-refractivity contribution in [2.45, 2.75) is 6.61 Å². The summed E-state index contributed by atoms with van der Waals surface area (Å²) in [5.74, 6) is 0.0885. The van der Waals surface area contributed by atoms with E-state index in [2.05, 4.69) is 0 Å². The minimum Gasteiger partial charge on any atom is -0.872 e. The predicted octanol–water partition coefficient (Wildman–Crippen LogP) is 3.43. The van der Waals surface area contributed by atoms with Gasteiger partial charge >= 0.3 is 17.1 Å². The molecule has 0 bridgehead atoms. The van der Waals surface area contributed by atoms with Crippen LogP contribution in [0.15, 0.2) is 84.5 Å². The number of rotatable bonds is 3. The van der Waals surface area contributed by atoms with Crippen LogP contribution in [0.4, 0.5) is 0 Å². The molecule has 1 aliphatic rings. The van der Waals surface area contributed by atoms with Crippen LogP contribution in [0.2, 0.25) is 0 Å². The first-order valence-corrected chi connectivity index (χ1v) is 6.82. The Morgan fingerprint density at radius 1 is 1.05 bits per heavy atom. The van der Waals surface area contributed by atoms with Gasteiger partial charge in [0, 0.05) is 13.7 Å². The van der Waals surface area contributed by atoms with Gasteiger partial charge in [0.05, 0.1) is 0 Å². The smallest absolute Gasteiger partial charge is 0.872 e. The second-order valence-electron chi connectivity index (χ2n) is 4.59. The van der Waals surface area contributed by atoms with E-state index in [1.54, 1.807) is 7.11 Å². The number of hydrogen-bond acceptors (Lipinski definition) is 2.